The molecule has 0 bridgehead atoms. The van der Waals surface area contributed by atoms with Crippen LogP contribution in [-0.2, 0) is 25.8 Å². The molecule has 2 heterocycles. The van der Waals surface area contributed by atoms with E-state index < -0.39 is 0 Å². The Morgan fingerprint density at radius 3 is 2.56 bits per heavy atom. The van der Waals surface area contributed by atoms with Crippen LogP contribution in [0.15, 0.2) is 71.8 Å². The van der Waals surface area contributed by atoms with Gasteiger partial charge in [-0.15, -0.1) is 0 Å². The molecule has 6 nitrogen and oxygen atoms in total. The van der Waals surface area contributed by atoms with E-state index in [2.05, 4.69) is 22.5 Å². The van der Waals surface area contributed by atoms with Crippen molar-refractivity contribution < 1.29 is 4.79 Å². The zero-order valence-electron chi connectivity index (χ0n) is 19.5. The topological polar surface area (TPSA) is 68.4 Å². The third-order valence-corrected chi connectivity index (χ3v) is 6.69. The molecule has 0 saturated carbocycles. The Morgan fingerprint density at radius 2 is 1.76 bits per heavy atom. The van der Waals surface area contributed by atoms with E-state index in [1.54, 1.807) is 15.3 Å². The van der Waals surface area contributed by atoms with Crippen LogP contribution in [0.5, 0.6) is 0 Å². The van der Waals surface area contributed by atoms with E-state index in [0.29, 0.717) is 17.6 Å². The Morgan fingerprint density at radius 1 is 1.00 bits per heavy atom. The van der Waals surface area contributed by atoms with Crippen molar-refractivity contribution in [3.8, 4) is 0 Å². The first-order chi connectivity index (χ1) is 16.6. The van der Waals surface area contributed by atoms with Crippen molar-refractivity contribution in [2.75, 3.05) is 0 Å². The van der Waals surface area contributed by atoms with Crippen LogP contribution in [0.2, 0.25) is 0 Å². The van der Waals surface area contributed by atoms with Crippen molar-refractivity contribution in [3.63, 3.8) is 0 Å². The fourth-order valence-corrected chi connectivity index (χ4v) is 4.75. The maximum atomic E-state index is 13.2. The van der Waals surface area contributed by atoms with Gasteiger partial charge in [-0.1, -0.05) is 42.5 Å². The lowest BCUT2D eigenvalue weighted by atomic mass is 9.97. The van der Waals surface area contributed by atoms with Crippen molar-refractivity contribution in [2.45, 2.75) is 58.0 Å². The van der Waals surface area contributed by atoms with Gasteiger partial charge in [-0.3, -0.25) is 9.59 Å². The molecular formula is C28H30N4O2. The number of aromatic nitrogens is 3. The predicted molar refractivity (Wildman–Crippen MR) is 133 cm³/mol. The number of rotatable bonds is 7. The van der Waals surface area contributed by atoms with Gasteiger partial charge in [0.05, 0.1) is 12.2 Å². The molecule has 1 aliphatic carbocycles. The molecule has 2 aromatic carbocycles. The summed E-state index contributed by atoms with van der Waals surface area (Å²) in [6, 6.07) is 17.9. The van der Waals surface area contributed by atoms with Gasteiger partial charge in [0.15, 0.2) is 0 Å². The molecule has 34 heavy (non-hydrogen) atoms. The number of hydrogen-bond acceptors (Lipinski definition) is 3. The number of carbonyl (C=O) groups excluding carboxylic acids is 1. The lowest BCUT2D eigenvalue weighted by Crippen LogP contribution is -2.32. The van der Waals surface area contributed by atoms with E-state index >= 15 is 0 Å². The largest absolute Gasteiger partial charge is 0.350 e. The number of amides is 1. The molecule has 1 N–H and O–H groups in total. The smallest absolute Gasteiger partial charge is 0.277 e. The van der Waals surface area contributed by atoms with Crippen LogP contribution in [0.25, 0.3) is 5.52 Å². The van der Waals surface area contributed by atoms with Crippen molar-refractivity contribution in [1.82, 2.24) is 19.5 Å². The van der Waals surface area contributed by atoms with Crippen LogP contribution in [0.3, 0.4) is 0 Å². The van der Waals surface area contributed by atoms with Crippen molar-refractivity contribution in [2.24, 2.45) is 0 Å². The molecule has 174 valence electrons. The molecule has 0 unspecified atom stereocenters. The van der Waals surface area contributed by atoms with Crippen LogP contribution >= 0.6 is 0 Å². The van der Waals surface area contributed by atoms with Crippen LogP contribution in [-0.4, -0.2) is 26.1 Å². The number of aryl methyl sites for hydroxylation is 3. The summed E-state index contributed by atoms with van der Waals surface area (Å²) in [5.74, 6) is -0.0726. The third kappa shape index (κ3) is 4.67. The van der Waals surface area contributed by atoms with E-state index in [0.717, 1.165) is 55.3 Å². The zero-order valence-corrected chi connectivity index (χ0v) is 19.5. The number of nitrogens with zero attached hydrogens (tertiary/aromatic N) is 3. The number of carbonyl (C=O) groups is 1. The molecule has 1 amide bonds. The average molecular weight is 455 g/mol. The molecule has 2 aromatic heterocycles. The minimum Gasteiger partial charge on any atom is -0.350 e. The molecule has 1 atom stereocenters. The molecule has 1 aliphatic rings. The van der Waals surface area contributed by atoms with Gasteiger partial charge in [0, 0.05) is 29.6 Å². The monoisotopic (exact) mass is 454 g/mol. The summed E-state index contributed by atoms with van der Waals surface area (Å²) in [5.41, 5.74) is 5.76. The highest BCUT2D eigenvalue weighted by Gasteiger charge is 2.19. The molecule has 0 saturated heterocycles. The number of benzene rings is 2. The Kier molecular flexibility index (Phi) is 6.30. The molecule has 5 rings (SSSR count). The second-order valence-electron chi connectivity index (χ2n) is 9.25. The zero-order chi connectivity index (χ0) is 23.5. The van der Waals surface area contributed by atoms with E-state index in [-0.39, 0.29) is 17.5 Å². The van der Waals surface area contributed by atoms with Crippen molar-refractivity contribution >= 4 is 11.4 Å². The molecule has 4 aromatic rings. The molecule has 0 fully saturated rings. The lowest BCUT2D eigenvalue weighted by Gasteiger charge is -2.14. The van der Waals surface area contributed by atoms with Gasteiger partial charge in [-0.05, 0) is 68.7 Å². The highest BCUT2D eigenvalue weighted by molar-refractivity contribution is 5.94. The van der Waals surface area contributed by atoms with Gasteiger partial charge >= 0.3 is 0 Å². The maximum Gasteiger partial charge on any atom is 0.277 e. The van der Waals surface area contributed by atoms with Gasteiger partial charge in [0.2, 0.25) is 0 Å². The van der Waals surface area contributed by atoms with E-state index in [4.69, 9.17) is 0 Å². The summed E-state index contributed by atoms with van der Waals surface area (Å²) in [6.45, 7) is 2.50. The van der Waals surface area contributed by atoms with Crippen LogP contribution < -0.4 is 10.9 Å². The molecule has 0 spiro atoms. The van der Waals surface area contributed by atoms with E-state index in [1.807, 2.05) is 55.6 Å². The number of fused-ring (bicyclic) bond motifs is 3. The summed E-state index contributed by atoms with van der Waals surface area (Å²) in [5, 5.41) is 7.69. The summed E-state index contributed by atoms with van der Waals surface area (Å²) >= 11 is 0. The standard InChI is InChI=1S/C28H30N4O2/c1-20(11-12-21-7-3-2-4-8-21)29-27(33)23-15-13-22(14-16-23)19-31-17-18-32-26(28(31)34)24-9-5-6-10-25(24)30-32/h2-4,7-8,13-18,20H,5-6,9-12,19H2,1H3,(H,29,33)/t20-/m1/s1. The fraction of sp³-hybridized carbons (Fsp3) is 0.321. The summed E-state index contributed by atoms with van der Waals surface area (Å²) in [6.07, 6.45) is 9.60. The minimum atomic E-state index is -0.0726. The highest BCUT2D eigenvalue weighted by Crippen LogP contribution is 2.22. The van der Waals surface area contributed by atoms with Crippen molar-refractivity contribution in [1.29, 1.82) is 0 Å². The molecule has 0 aliphatic heterocycles. The first-order valence-electron chi connectivity index (χ1n) is 12.1. The first-order valence-corrected chi connectivity index (χ1v) is 12.1. The number of hydrogen-bond donors (Lipinski definition) is 1. The number of nitrogens with one attached hydrogen (secondary N) is 1. The first kappa shape index (κ1) is 22.1. The minimum absolute atomic E-state index is 0.00721. The quantitative estimate of drug-likeness (QED) is 0.456. The molecule has 0 radical (unpaired) electrons. The van der Waals surface area contributed by atoms with Crippen LogP contribution in [0, 0.1) is 0 Å². The normalized spacial score (nSPS) is 14.0. The Labute approximate surface area is 199 Å². The van der Waals surface area contributed by atoms with Gasteiger partial charge in [-0.25, -0.2) is 4.52 Å². The Balaban J connectivity index is 1.24. The van der Waals surface area contributed by atoms with Gasteiger partial charge in [-0.2, -0.15) is 5.10 Å². The van der Waals surface area contributed by atoms with Crippen molar-refractivity contribution in [3.05, 3.63) is 105 Å². The fourth-order valence-electron chi connectivity index (χ4n) is 4.75. The van der Waals surface area contributed by atoms with Gasteiger partial charge in [0.25, 0.3) is 11.5 Å². The highest BCUT2D eigenvalue weighted by atomic mass is 16.1. The van der Waals surface area contributed by atoms with E-state index in [1.165, 1.54) is 5.56 Å². The summed E-state index contributed by atoms with van der Waals surface area (Å²) in [7, 11) is 0. The molecule has 6 heteroatoms. The Bertz CT molecular complexity index is 1350. The lowest BCUT2D eigenvalue weighted by molar-refractivity contribution is 0.0938. The summed E-state index contributed by atoms with van der Waals surface area (Å²) < 4.78 is 3.47. The summed E-state index contributed by atoms with van der Waals surface area (Å²) in [4.78, 5) is 25.8. The molecular weight excluding hydrogens is 424 g/mol. The third-order valence-electron chi connectivity index (χ3n) is 6.69. The van der Waals surface area contributed by atoms with E-state index in [9.17, 15) is 9.59 Å². The second kappa shape index (κ2) is 9.67. The van der Waals surface area contributed by atoms with Crippen LogP contribution in [0.1, 0.15) is 58.9 Å². The van der Waals surface area contributed by atoms with Gasteiger partial charge in [0.1, 0.15) is 5.52 Å². The maximum absolute atomic E-state index is 13.2. The SMILES string of the molecule is C[C@H](CCc1ccccc1)NC(=O)c1ccc(Cn2ccn3nc4c(c3c2=O)CCCC4)cc1. The average Bonchev–Trinajstić information content (AvgIpc) is 3.25. The Hall–Kier alpha value is -3.67. The predicted octanol–water partition coefficient (Wildman–Crippen LogP) is 4.17. The van der Waals surface area contributed by atoms with Gasteiger partial charge < -0.3 is 9.88 Å². The van der Waals surface area contributed by atoms with Crippen LogP contribution in [0.4, 0.5) is 0 Å². The second-order valence-corrected chi connectivity index (χ2v) is 9.25.